The van der Waals surface area contributed by atoms with Crippen LogP contribution in [0, 0.1) is 0 Å². The summed E-state index contributed by atoms with van der Waals surface area (Å²) in [6, 6.07) is 0. The van der Waals surface area contributed by atoms with Gasteiger partial charge in [0.15, 0.2) is 0 Å². The molecule has 0 saturated heterocycles. The standard InChI is InChI=1S/C5H13N/c1-4-5(2,3)6/h4,6H2,1-3H3/p+2. The molecule has 0 aromatic carbocycles. The Morgan fingerprint density at radius 3 is 1.83 bits per heavy atom. The predicted octanol–water partition coefficient (Wildman–Crippen LogP) is 1.36. The topological polar surface area (TPSA) is 26.0 Å². The van der Waals surface area contributed by atoms with Gasteiger partial charge in [0.05, 0.1) is 0 Å². The highest BCUT2D eigenvalue weighted by molar-refractivity contribution is 4.66. The van der Waals surface area contributed by atoms with E-state index in [0.29, 0.717) is 0 Å². The van der Waals surface area contributed by atoms with Gasteiger partial charge < -0.3 is 5.73 Å². The van der Waals surface area contributed by atoms with Gasteiger partial charge in [0.25, 0.3) is 0 Å². The Morgan fingerprint density at radius 2 is 1.83 bits per heavy atom. The van der Waals surface area contributed by atoms with Crippen LogP contribution < -0.4 is 5.73 Å². The first-order valence-electron chi connectivity index (χ1n) is 2.35. The van der Waals surface area contributed by atoms with E-state index in [1.54, 1.807) is 0 Å². The summed E-state index contributed by atoms with van der Waals surface area (Å²) in [6.07, 6.45) is 1.05. The minimum absolute atomic E-state index is 0. The summed E-state index contributed by atoms with van der Waals surface area (Å²) in [5.41, 5.74) is 5.58. The van der Waals surface area contributed by atoms with Crippen molar-refractivity contribution in [1.29, 1.82) is 0 Å². The van der Waals surface area contributed by atoms with E-state index in [2.05, 4.69) is 6.92 Å². The van der Waals surface area contributed by atoms with E-state index in [9.17, 15) is 0 Å². The summed E-state index contributed by atoms with van der Waals surface area (Å²) >= 11 is 0. The van der Waals surface area contributed by atoms with Gasteiger partial charge in [-0.1, -0.05) is 6.92 Å². The quantitative estimate of drug-likeness (QED) is 0.515. The molecule has 0 bridgehead atoms. The van der Waals surface area contributed by atoms with Gasteiger partial charge in [-0.25, -0.2) is 0 Å². The molecule has 0 amide bonds. The van der Waals surface area contributed by atoms with E-state index in [-0.39, 0.29) is 8.39 Å². The van der Waals surface area contributed by atoms with Gasteiger partial charge >= 0.3 is 2.85 Å². The monoisotopic (exact) mass is 89.1 g/mol. The van der Waals surface area contributed by atoms with Crippen LogP contribution in [0.4, 0.5) is 0 Å². The lowest BCUT2D eigenvalue weighted by Crippen LogP contribution is -2.30. The Hall–Kier alpha value is -0.0400. The second kappa shape index (κ2) is 1.61. The van der Waals surface area contributed by atoms with Crippen molar-refractivity contribution in [1.82, 2.24) is 0 Å². The molecule has 0 spiro atoms. The van der Waals surface area contributed by atoms with E-state index < -0.39 is 0 Å². The molecule has 0 aromatic heterocycles. The molecule has 0 radical (unpaired) electrons. The predicted molar refractivity (Wildman–Crippen MR) is 30.8 cm³/mol. The maximum atomic E-state index is 5.53. The van der Waals surface area contributed by atoms with E-state index in [0.717, 1.165) is 6.42 Å². The smallest absolute Gasteiger partial charge is 0.326 e. The summed E-state index contributed by atoms with van der Waals surface area (Å²) in [4.78, 5) is 0. The van der Waals surface area contributed by atoms with Gasteiger partial charge in [-0.3, -0.25) is 0 Å². The molecule has 0 atom stereocenters. The van der Waals surface area contributed by atoms with E-state index in [1.807, 2.05) is 13.8 Å². The largest absolute Gasteiger partial charge is 1.00 e. The maximum absolute atomic E-state index is 5.53. The van der Waals surface area contributed by atoms with Gasteiger partial charge in [-0.15, -0.1) is 0 Å². The molecule has 1 nitrogen and oxygen atoms in total. The summed E-state index contributed by atoms with van der Waals surface area (Å²) in [6.45, 7) is 6.12. The van der Waals surface area contributed by atoms with Crippen LogP contribution in [0.2, 0.25) is 0 Å². The first kappa shape index (κ1) is 5.96. The van der Waals surface area contributed by atoms with Gasteiger partial charge in [-0.05, 0) is 20.3 Å². The lowest BCUT2D eigenvalue weighted by molar-refractivity contribution is 0.501. The van der Waals surface area contributed by atoms with Crippen molar-refractivity contribution in [3.05, 3.63) is 0 Å². The zero-order valence-electron chi connectivity index (χ0n) is 6.78. The van der Waals surface area contributed by atoms with Crippen molar-refractivity contribution in [2.24, 2.45) is 5.73 Å². The molecule has 6 heavy (non-hydrogen) atoms. The van der Waals surface area contributed by atoms with Crippen molar-refractivity contribution in [2.75, 3.05) is 0 Å². The Balaban J connectivity index is -0.000000125. The average Bonchev–Trinajstić information content (AvgIpc) is 1.35. The highest BCUT2D eigenvalue weighted by Gasteiger charge is 2.03. The van der Waals surface area contributed by atoms with Crippen LogP contribution in [-0.4, -0.2) is 5.54 Å². The van der Waals surface area contributed by atoms with Crippen LogP contribution in [0.3, 0.4) is 0 Å². The highest BCUT2D eigenvalue weighted by atomic mass is 14.7. The van der Waals surface area contributed by atoms with Gasteiger partial charge in [0, 0.05) is 5.54 Å². The number of hydrogen-bond donors (Lipinski definition) is 1. The van der Waals surface area contributed by atoms with Crippen molar-refractivity contribution >= 4 is 0 Å². The lowest BCUT2D eigenvalue weighted by atomic mass is 10.1. The van der Waals surface area contributed by atoms with Crippen LogP contribution in [0.25, 0.3) is 0 Å². The fraction of sp³-hybridized carbons (Fsp3) is 1.00. The summed E-state index contributed by atoms with van der Waals surface area (Å²) in [5, 5.41) is 0. The molecule has 0 unspecified atom stereocenters. The van der Waals surface area contributed by atoms with E-state index in [4.69, 9.17) is 5.73 Å². The molecule has 0 fully saturated rings. The third-order valence-electron chi connectivity index (χ3n) is 0.911. The van der Waals surface area contributed by atoms with E-state index >= 15 is 0 Å². The summed E-state index contributed by atoms with van der Waals surface area (Å²) in [7, 11) is 0. The number of hydrogen-bond acceptors (Lipinski definition) is 1. The SMILES string of the molecule is CCC(C)(C)N.[H+].[H+]. The molecule has 0 rings (SSSR count). The molecule has 0 heterocycles. The van der Waals surface area contributed by atoms with Crippen molar-refractivity contribution in [3.63, 3.8) is 0 Å². The molecule has 0 saturated carbocycles. The Kier molecular flexibility index (Phi) is 1.59. The normalized spacial score (nSPS) is 12.0. The van der Waals surface area contributed by atoms with Crippen LogP contribution in [0.1, 0.15) is 30.0 Å². The first-order chi connectivity index (χ1) is 2.56. The van der Waals surface area contributed by atoms with Gasteiger partial charge in [0.1, 0.15) is 0 Å². The number of rotatable bonds is 1. The molecule has 0 aliphatic rings. The van der Waals surface area contributed by atoms with Crippen LogP contribution in [0.15, 0.2) is 0 Å². The Bertz CT molecular complexity index is 40.2. The number of nitrogens with two attached hydrogens (primary N) is 1. The van der Waals surface area contributed by atoms with Crippen molar-refractivity contribution in [3.8, 4) is 0 Å². The molecule has 1 heteroatoms. The summed E-state index contributed by atoms with van der Waals surface area (Å²) < 4.78 is 0. The average molecular weight is 89.2 g/mol. The molecule has 2 N–H and O–H groups in total. The fourth-order valence-corrected chi connectivity index (χ4v) is 0. The van der Waals surface area contributed by atoms with Gasteiger partial charge in [0.2, 0.25) is 0 Å². The minimum Gasteiger partial charge on any atom is -0.326 e. The van der Waals surface area contributed by atoms with Crippen LogP contribution in [-0.2, 0) is 0 Å². The summed E-state index contributed by atoms with van der Waals surface area (Å²) in [5.74, 6) is 0. The second-order valence-electron chi connectivity index (χ2n) is 2.34. The second-order valence-corrected chi connectivity index (χ2v) is 2.34. The van der Waals surface area contributed by atoms with Crippen LogP contribution in [0.5, 0.6) is 0 Å². The zero-order chi connectivity index (χ0) is 5.21. The molecular weight excluding hydrogens is 74.1 g/mol. The molecule has 38 valence electrons. The van der Waals surface area contributed by atoms with Crippen molar-refractivity contribution < 1.29 is 2.85 Å². The molecule has 0 aliphatic carbocycles. The lowest BCUT2D eigenvalue weighted by Gasteiger charge is -2.13. The molecule has 0 aliphatic heterocycles. The third-order valence-corrected chi connectivity index (χ3v) is 0.911. The fourth-order valence-electron chi connectivity index (χ4n) is 0. The molecule has 0 aromatic rings. The van der Waals surface area contributed by atoms with Gasteiger partial charge in [-0.2, -0.15) is 0 Å². The Morgan fingerprint density at radius 1 is 1.67 bits per heavy atom. The van der Waals surface area contributed by atoms with Crippen molar-refractivity contribution in [2.45, 2.75) is 32.7 Å². The third kappa shape index (κ3) is 3.96. The maximum Gasteiger partial charge on any atom is 1.00 e. The highest BCUT2D eigenvalue weighted by Crippen LogP contribution is 1.99. The van der Waals surface area contributed by atoms with E-state index in [1.165, 1.54) is 0 Å². The van der Waals surface area contributed by atoms with Crippen LogP contribution >= 0.6 is 0 Å². The zero-order valence-corrected chi connectivity index (χ0v) is 4.78. The molecular formula is C5H15N+2. The Labute approximate surface area is 42.5 Å². The first-order valence-corrected chi connectivity index (χ1v) is 2.35. The minimum atomic E-state index is 0.